The van der Waals surface area contributed by atoms with Crippen molar-refractivity contribution in [3.8, 4) is 0 Å². The largest absolute Gasteiger partial charge is 0.464 e. The zero-order valence-corrected chi connectivity index (χ0v) is 8.43. The molecule has 13 heteroatoms. The fourth-order valence-electron chi connectivity index (χ4n) is 0.430. The zero-order valence-electron chi connectivity index (χ0n) is 7.61. The van der Waals surface area contributed by atoms with E-state index in [0.717, 1.165) is 0 Å². The Balaban J connectivity index is 5.47. The molecule has 2 radical (unpaired) electrons. The first-order valence-electron chi connectivity index (χ1n) is 3.40. The van der Waals surface area contributed by atoms with Crippen molar-refractivity contribution in [2.24, 2.45) is 0 Å². The maximum Gasteiger partial charge on any atom is 0.464 e. The molecule has 0 heterocycles. The van der Waals surface area contributed by atoms with E-state index >= 15 is 0 Å². The molecule has 108 valence electrons. The Hall–Kier alpha value is -0.720. The second-order valence-corrected chi connectivity index (χ2v) is 4.10. The highest BCUT2D eigenvalue weighted by atomic mass is 32.3. The van der Waals surface area contributed by atoms with Crippen molar-refractivity contribution in [1.29, 1.82) is 0 Å². The number of halogens is 9. The lowest BCUT2D eigenvalue weighted by atomic mass is 10.3. The van der Waals surface area contributed by atoms with Crippen LogP contribution in [0.5, 0.6) is 0 Å². The van der Waals surface area contributed by atoms with E-state index in [-0.39, 0.29) is 0 Å². The summed E-state index contributed by atoms with van der Waals surface area (Å²) in [4.78, 5) is 0. The third-order valence-corrected chi connectivity index (χ3v) is 2.14. The quantitative estimate of drug-likeness (QED) is 0.578. The third-order valence-electron chi connectivity index (χ3n) is 1.29. The minimum Gasteiger partial charge on any atom is -0.244 e. The Kier molecular flexibility index (Phi) is 3.98. The van der Waals surface area contributed by atoms with Crippen LogP contribution >= 0.6 is 0 Å². The highest BCUT2D eigenvalue weighted by molar-refractivity contribution is 7.87. The second kappa shape index (κ2) is 4.15. The first-order valence-corrected chi connectivity index (χ1v) is 4.78. The Bertz CT molecular complexity index is 408. The predicted molar refractivity (Wildman–Crippen MR) is 35.2 cm³/mol. The van der Waals surface area contributed by atoms with E-state index in [1.807, 2.05) is 0 Å². The molecule has 0 saturated heterocycles. The molecular weight excluding hydrogens is 311 g/mol. The summed E-state index contributed by atoms with van der Waals surface area (Å²) in [5.41, 5.74) is 0. The Labute approximate surface area is 93.7 Å². The minimum absolute atomic E-state index is 1.67. The molecule has 0 amide bonds. The molecule has 0 rings (SSSR count). The molecule has 0 fully saturated rings. The Morgan fingerprint density at radius 1 is 0.833 bits per heavy atom. The van der Waals surface area contributed by atoms with Crippen LogP contribution in [0, 0.1) is 6.92 Å². The van der Waals surface area contributed by atoms with Gasteiger partial charge in [0.15, 0.2) is 0 Å². The number of hydrogen-bond acceptors (Lipinski definition) is 3. The van der Waals surface area contributed by atoms with Crippen molar-refractivity contribution in [2.45, 2.75) is 23.4 Å². The molecule has 0 aromatic carbocycles. The van der Waals surface area contributed by atoms with Gasteiger partial charge in [0.1, 0.15) is 0 Å². The van der Waals surface area contributed by atoms with Crippen LogP contribution in [0.3, 0.4) is 0 Å². The van der Waals surface area contributed by atoms with Crippen LogP contribution in [0.1, 0.15) is 0 Å². The van der Waals surface area contributed by atoms with Crippen LogP contribution < -0.4 is 0 Å². The number of ether oxygens (including phenoxy) is 1. The van der Waals surface area contributed by atoms with Crippen LogP contribution in [0.2, 0.25) is 0 Å². The molecule has 0 aromatic rings. The topological polar surface area (TPSA) is 43.4 Å². The van der Waals surface area contributed by atoms with Crippen LogP contribution in [0.15, 0.2) is 0 Å². The fourth-order valence-corrected chi connectivity index (χ4v) is 0.756. The molecule has 0 spiro atoms. The van der Waals surface area contributed by atoms with Crippen LogP contribution in [0.25, 0.3) is 0 Å². The summed E-state index contributed by atoms with van der Waals surface area (Å²) in [6, 6.07) is 0. The van der Waals surface area contributed by atoms with E-state index in [2.05, 4.69) is 6.92 Å². The average Bonchev–Trinajstić information content (AvgIpc) is 1.96. The van der Waals surface area contributed by atoms with Gasteiger partial charge < -0.3 is 0 Å². The Morgan fingerprint density at radius 3 is 1.39 bits per heavy atom. The van der Waals surface area contributed by atoms with Crippen LogP contribution in [0.4, 0.5) is 39.0 Å². The fraction of sp³-hybridized carbons (Fsp3) is 0.800. The molecule has 0 aromatic heterocycles. The van der Waals surface area contributed by atoms with Gasteiger partial charge in [0.25, 0.3) is 0 Å². The van der Waals surface area contributed by atoms with Crippen molar-refractivity contribution < 1.29 is 52.2 Å². The van der Waals surface area contributed by atoms with Crippen molar-refractivity contribution in [1.82, 2.24) is 0 Å². The van der Waals surface area contributed by atoms with Gasteiger partial charge in [0, 0.05) is 0 Å². The molecule has 18 heavy (non-hydrogen) atoms. The minimum atomic E-state index is -7.41. The van der Waals surface area contributed by atoms with Gasteiger partial charge in [-0.25, -0.2) is 4.74 Å². The summed E-state index contributed by atoms with van der Waals surface area (Å²) in [5.74, 6) is -5.84. The van der Waals surface area contributed by atoms with Gasteiger partial charge in [0.2, 0.25) is 0 Å². The summed E-state index contributed by atoms with van der Waals surface area (Å²) < 4.78 is 129. The van der Waals surface area contributed by atoms with Gasteiger partial charge in [-0.3, -0.25) is 0 Å². The smallest absolute Gasteiger partial charge is 0.244 e. The molecule has 0 N–H and O–H groups in total. The highest BCUT2D eigenvalue weighted by Crippen LogP contribution is 2.46. The number of rotatable bonds is 5. The summed E-state index contributed by atoms with van der Waals surface area (Å²) in [6.07, 6.45) is -13.2. The summed E-state index contributed by atoms with van der Waals surface area (Å²) in [6.45, 7) is 3.34. The van der Waals surface area contributed by atoms with Gasteiger partial charge in [-0.15, -0.1) is 0 Å². The van der Waals surface area contributed by atoms with Gasteiger partial charge in [-0.1, -0.05) is 3.89 Å². The van der Waals surface area contributed by atoms with E-state index in [1.165, 1.54) is 0 Å². The first kappa shape index (κ1) is 17.3. The number of hydrogen-bond donors (Lipinski definition) is 0. The van der Waals surface area contributed by atoms with E-state index in [4.69, 9.17) is 0 Å². The lowest BCUT2D eigenvalue weighted by Crippen LogP contribution is -2.54. The van der Waals surface area contributed by atoms with Gasteiger partial charge in [0.05, 0.1) is 6.92 Å². The average molecular weight is 312 g/mol. The third kappa shape index (κ3) is 2.99. The molecule has 0 atom stereocenters. The lowest BCUT2D eigenvalue weighted by molar-refractivity contribution is -0.449. The van der Waals surface area contributed by atoms with E-state index in [0.29, 0.717) is 0 Å². The SMILES string of the molecule is [CH]C(F)(F)C(F)(F)OC(F)(F)C(F)(F)S(=O)(=O)F. The van der Waals surface area contributed by atoms with Gasteiger partial charge >= 0.3 is 33.6 Å². The molecule has 0 saturated carbocycles. The second-order valence-electron chi connectivity index (χ2n) is 2.71. The summed E-state index contributed by atoms with van der Waals surface area (Å²) in [7, 11) is -7.41. The normalized spacial score (nSPS) is 15.9. The highest BCUT2D eigenvalue weighted by Gasteiger charge is 2.73. The predicted octanol–water partition coefficient (Wildman–Crippen LogP) is 2.43. The van der Waals surface area contributed by atoms with Gasteiger partial charge in [-0.05, 0) is 0 Å². The molecule has 0 aliphatic carbocycles. The standard InChI is InChI=1S/C5HF9O3S/c1-2(6,7)3(8,9)17-4(10,11)5(12,13)18(14,15)16/h1H. The molecular formula is C5HF9O3S. The van der Waals surface area contributed by atoms with Crippen molar-refractivity contribution >= 4 is 10.2 Å². The maximum atomic E-state index is 12.3. The molecule has 0 aliphatic rings. The van der Waals surface area contributed by atoms with E-state index in [9.17, 15) is 47.4 Å². The van der Waals surface area contributed by atoms with E-state index < -0.39 is 33.6 Å². The monoisotopic (exact) mass is 312 g/mol. The first-order chi connectivity index (χ1) is 7.46. The molecule has 0 bridgehead atoms. The Morgan fingerprint density at radius 2 is 1.17 bits per heavy atom. The lowest BCUT2D eigenvalue weighted by Gasteiger charge is -2.29. The summed E-state index contributed by atoms with van der Waals surface area (Å²) in [5, 5.41) is -6.81. The maximum absolute atomic E-state index is 12.3. The van der Waals surface area contributed by atoms with Gasteiger partial charge in [-0.2, -0.15) is 43.5 Å². The van der Waals surface area contributed by atoms with E-state index in [1.54, 1.807) is 4.74 Å². The molecule has 3 nitrogen and oxygen atoms in total. The van der Waals surface area contributed by atoms with Crippen molar-refractivity contribution in [2.75, 3.05) is 0 Å². The van der Waals surface area contributed by atoms with Crippen LogP contribution in [-0.2, 0) is 15.0 Å². The van der Waals surface area contributed by atoms with Crippen LogP contribution in [-0.4, -0.2) is 31.8 Å². The van der Waals surface area contributed by atoms with Crippen molar-refractivity contribution in [3.63, 3.8) is 0 Å². The molecule has 0 aliphatic heterocycles. The molecule has 0 unspecified atom stereocenters. The van der Waals surface area contributed by atoms with Crippen molar-refractivity contribution in [3.05, 3.63) is 6.92 Å². The zero-order chi connectivity index (χ0) is 15.2. The summed E-state index contributed by atoms with van der Waals surface area (Å²) >= 11 is 0. The number of alkyl halides is 8.